The molecule has 1 atom stereocenters. The Balaban J connectivity index is 1.37. The number of hydrogen-bond donors (Lipinski definition) is 2. The van der Waals surface area contributed by atoms with Gasteiger partial charge in [-0.2, -0.15) is 4.98 Å². The maximum absolute atomic E-state index is 12.7. The number of likely N-dealkylation sites (N-methyl/N-ethyl adjacent to an activating group) is 1. The van der Waals surface area contributed by atoms with Crippen molar-refractivity contribution in [1.82, 2.24) is 14.9 Å². The summed E-state index contributed by atoms with van der Waals surface area (Å²) in [6.07, 6.45) is 1.54. The van der Waals surface area contributed by atoms with Gasteiger partial charge >= 0.3 is 0 Å². The second-order valence-electron chi connectivity index (χ2n) is 9.11. The van der Waals surface area contributed by atoms with Crippen LogP contribution in [0.15, 0.2) is 48.7 Å². The first kappa shape index (κ1) is 23.0. The Labute approximate surface area is 204 Å². The number of nitrogens with zero attached hydrogens (tertiary/aromatic N) is 4. The van der Waals surface area contributed by atoms with Gasteiger partial charge in [-0.05, 0) is 44.6 Å². The molecular formula is C24H28ClN6O2P. The van der Waals surface area contributed by atoms with Gasteiger partial charge in [0.2, 0.25) is 5.95 Å². The molecular weight excluding hydrogens is 471 g/mol. The van der Waals surface area contributed by atoms with Crippen LogP contribution in [-0.2, 0) is 4.57 Å². The van der Waals surface area contributed by atoms with Gasteiger partial charge in [-0.3, -0.25) is 0 Å². The molecule has 3 heterocycles. The molecule has 8 nitrogen and oxygen atoms in total. The second kappa shape index (κ2) is 9.10. The number of para-hydroxylation sites is 1. The molecule has 10 heteroatoms. The molecule has 34 heavy (non-hydrogen) atoms. The minimum absolute atomic E-state index is 0.372. The van der Waals surface area contributed by atoms with Crippen molar-refractivity contribution in [2.24, 2.45) is 0 Å². The van der Waals surface area contributed by atoms with Crippen LogP contribution in [0.25, 0.3) is 0 Å². The van der Waals surface area contributed by atoms with Crippen molar-refractivity contribution >= 4 is 52.9 Å². The summed E-state index contributed by atoms with van der Waals surface area (Å²) in [7, 11) is -0.335. The fourth-order valence-corrected chi connectivity index (χ4v) is 5.72. The van der Waals surface area contributed by atoms with Crippen LogP contribution < -0.4 is 25.6 Å². The van der Waals surface area contributed by atoms with E-state index in [2.05, 4.69) is 43.5 Å². The number of piperazine rings is 1. The molecule has 3 aromatic rings. The fraction of sp³-hybridized carbons (Fsp3) is 0.333. The van der Waals surface area contributed by atoms with Crippen molar-refractivity contribution < 1.29 is 9.30 Å². The average molecular weight is 499 g/mol. The Morgan fingerprint density at radius 3 is 2.79 bits per heavy atom. The zero-order valence-corrected chi connectivity index (χ0v) is 21.1. The quantitative estimate of drug-likeness (QED) is 0.502. The number of benzene rings is 2. The molecule has 0 aliphatic carbocycles. The van der Waals surface area contributed by atoms with Crippen LogP contribution in [0.3, 0.4) is 0 Å². The standard InChI is InChI=1S/C24H28ClN6O2P/c1-30-10-11-31-17(14-30)15-33-21-12-16(8-9-20(21)31)27-24-26-13-18(25)23(29-24)28-19-6-4-5-7-22(19)34(2,3)32/h4-9,12-13,17H,10-11,14-15H2,1-3H3,(H2,26,27,28,29)/t17-/m1/s1. The molecule has 2 N–H and O–H groups in total. The van der Waals surface area contributed by atoms with E-state index >= 15 is 0 Å². The first-order valence-corrected chi connectivity index (χ1v) is 14.2. The zero-order valence-electron chi connectivity index (χ0n) is 19.5. The number of rotatable bonds is 5. The van der Waals surface area contributed by atoms with E-state index in [1.165, 1.54) is 0 Å². The lowest BCUT2D eigenvalue weighted by Gasteiger charge is -2.44. The Morgan fingerprint density at radius 1 is 1.15 bits per heavy atom. The number of fused-ring (bicyclic) bond motifs is 3. The summed E-state index contributed by atoms with van der Waals surface area (Å²) in [5.74, 6) is 1.69. The predicted octanol–water partition coefficient (Wildman–Crippen LogP) is 4.38. The number of aromatic nitrogens is 2. The molecule has 0 amide bonds. The molecule has 0 spiro atoms. The van der Waals surface area contributed by atoms with Crippen LogP contribution in [0.5, 0.6) is 5.75 Å². The van der Waals surface area contributed by atoms with Crippen LogP contribution in [0, 0.1) is 0 Å². The lowest BCUT2D eigenvalue weighted by atomic mass is 10.1. The largest absolute Gasteiger partial charge is 0.489 e. The van der Waals surface area contributed by atoms with Crippen molar-refractivity contribution in [2.45, 2.75) is 6.04 Å². The summed E-state index contributed by atoms with van der Waals surface area (Å²) < 4.78 is 18.8. The van der Waals surface area contributed by atoms with E-state index in [9.17, 15) is 4.57 Å². The Hall–Kier alpha value is -2.80. The van der Waals surface area contributed by atoms with Gasteiger partial charge < -0.3 is 29.7 Å². The van der Waals surface area contributed by atoms with Gasteiger partial charge in [-0.15, -0.1) is 0 Å². The highest BCUT2D eigenvalue weighted by Gasteiger charge is 2.31. The molecule has 1 aromatic heterocycles. The highest BCUT2D eigenvalue weighted by atomic mass is 35.5. The maximum Gasteiger partial charge on any atom is 0.229 e. The number of ether oxygens (including phenoxy) is 1. The number of halogens is 1. The molecule has 0 unspecified atom stereocenters. The third-order valence-electron chi connectivity index (χ3n) is 6.12. The third kappa shape index (κ3) is 4.71. The van der Waals surface area contributed by atoms with Gasteiger partial charge in [0.05, 0.1) is 23.6 Å². The number of anilines is 5. The average Bonchev–Trinajstić information content (AvgIpc) is 2.80. The van der Waals surface area contributed by atoms with E-state index in [0.29, 0.717) is 35.1 Å². The number of nitrogens with one attached hydrogen (secondary N) is 2. The SMILES string of the molecule is CN1CCN2c3ccc(Nc4ncc(Cl)c(Nc5ccccc5P(C)(C)=O)n4)cc3OC[C@H]2C1. The smallest absolute Gasteiger partial charge is 0.229 e. The van der Waals surface area contributed by atoms with Crippen molar-refractivity contribution in [3.8, 4) is 5.75 Å². The molecule has 0 saturated carbocycles. The summed E-state index contributed by atoms with van der Waals surface area (Å²) in [6, 6.07) is 13.9. The van der Waals surface area contributed by atoms with E-state index in [1.807, 2.05) is 36.4 Å². The minimum atomic E-state index is -2.49. The summed E-state index contributed by atoms with van der Waals surface area (Å²) in [4.78, 5) is 13.7. The van der Waals surface area contributed by atoms with Crippen molar-refractivity contribution in [3.05, 3.63) is 53.7 Å². The van der Waals surface area contributed by atoms with Gasteiger partial charge in [-0.1, -0.05) is 23.7 Å². The predicted molar refractivity (Wildman–Crippen MR) is 140 cm³/mol. The molecule has 2 aromatic carbocycles. The first-order chi connectivity index (χ1) is 16.3. The normalized spacial score (nSPS) is 18.0. The fourth-order valence-electron chi connectivity index (χ4n) is 4.42. The van der Waals surface area contributed by atoms with E-state index in [1.54, 1.807) is 19.5 Å². The lowest BCUT2D eigenvalue weighted by molar-refractivity contribution is 0.188. The lowest BCUT2D eigenvalue weighted by Crippen LogP contribution is -2.56. The Kier molecular flexibility index (Phi) is 6.15. The van der Waals surface area contributed by atoms with Gasteiger partial charge in [0, 0.05) is 36.7 Å². The molecule has 5 rings (SSSR count). The van der Waals surface area contributed by atoms with Crippen molar-refractivity contribution in [1.29, 1.82) is 0 Å². The van der Waals surface area contributed by atoms with E-state index in [0.717, 1.165) is 42.1 Å². The van der Waals surface area contributed by atoms with Gasteiger partial charge in [0.1, 0.15) is 24.5 Å². The van der Waals surface area contributed by atoms with Crippen LogP contribution >= 0.6 is 18.7 Å². The molecule has 0 bridgehead atoms. The van der Waals surface area contributed by atoms with E-state index in [-0.39, 0.29) is 0 Å². The summed E-state index contributed by atoms with van der Waals surface area (Å²) >= 11 is 6.37. The highest BCUT2D eigenvalue weighted by molar-refractivity contribution is 7.70. The monoisotopic (exact) mass is 498 g/mol. The van der Waals surface area contributed by atoms with Gasteiger partial charge in [0.25, 0.3) is 0 Å². The van der Waals surface area contributed by atoms with E-state index in [4.69, 9.17) is 16.3 Å². The number of hydrogen-bond acceptors (Lipinski definition) is 8. The van der Waals surface area contributed by atoms with Crippen LogP contribution in [0.1, 0.15) is 0 Å². The summed E-state index contributed by atoms with van der Waals surface area (Å²) in [5, 5.41) is 7.59. The van der Waals surface area contributed by atoms with Gasteiger partial charge in [-0.25, -0.2) is 4.98 Å². The zero-order chi connectivity index (χ0) is 23.9. The van der Waals surface area contributed by atoms with Crippen LogP contribution in [-0.4, -0.2) is 67.5 Å². The molecule has 0 radical (unpaired) electrons. The van der Waals surface area contributed by atoms with Crippen molar-refractivity contribution in [2.75, 3.05) is 62.2 Å². The second-order valence-corrected chi connectivity index (χ2v) is 12.7. The summed E-state index contributed by atoms with van der Waals surface area (Å²) in [5.41, 5.74) is 2.66. The molecule has 1 fully saturated rings. The van der Waals surface area contributed by atoms with Gasteiger partial charge in [0.15, 0.2) is 5.82 Å². The maximum atomic E-state index is 12.7. The van der Waals surface area contributed by atoms with E-state index < -0.39 is 7.14 Å². The molecule has 178 valence electrons. The van der Waals surface area contributed by atoms with Crippen molar-refractivity contribution in [3.63, 3.8) is 0 Å². The third-order valence-corrected chi connectivity index (χ3v) is 7.95. The van der Waals surface area contributed by atoms with Crippen LogP contribution in [0.4, 0.5) is 28.8 Å². The molecule has 1 saturated heterocycles. The molecule has 2 aliphatic rings. The van der Waals surface area contributed by atoms with Crippen LogP contribution in [0.2, 0.25) is 5.02 Å². The first-order valence-electron chi connectivity index (χ1n) is 11.2. The molecule has 2 aliphatic heterocycles. The summed E-state index contributed by atoms with van der Waals surface area (Å²) in [6.45, 7) is 7.19. The minimum Gasteiger partial charge on any atom is -0.489 e. The Bertz CT molecular complexity index is 1270. The topological polar surface area (TPSA) is 82.6 Å². The Morgan fingerprint density at radius 2 is 1.97 bits per heavy atom. The highest BCUT2D eigenvalue weighted by Crippen LogP contribution is 2.39.